The zero-order valence-electron chi connectivity index (χ0n) is 15.4. The van der Waals surface area contributed by atoms with Crippen molar-refractivity contribution in [2.24, 2.45) is 0 Å². The zero-order valence-corrected chi connectivity index (χ0v) is 15.4. The van der Waals surface area contributed by atoms with Gasteiger partial charge in [-0.25, -0.2) is 0 Å². The second-order valence-electron chi connectivity index (χ2n) is 7.24. The van der Waals surface area contributed by atoms with Crippen LogP contribution in [-0.4, -0.2) is 54.5 Å². The van der Waals surface area contributed by atoms with Gasteiger partial charge in [-0.1, -0.05) is 6.92 Å². The van der Waals surface area contributed by atoms with E-state index in [0.29, 0.717) is 11.3 Å². The number of benzene rings is 1. The van der Waals surface area contributed by atoms with Gasteiger partial charge in [0.1, 0.15) is 5.69 Å². The fraction of sp³-hybridized carbons (Fsp3) is 0.632. The molecule has 0 radical (unpaired) electrons. The van der Waals surface area contributed by atoms with E-state index in [2.05, 4.69) is 17.1 Å². The van der Waals surface area contributed by atoms with E-state index in [4.69, 9.17) is 0 Å². The predicted octanol–water partition coefficient (Wildman–Crippen LogP) is 2.80. The van der Waals surface area contributed by atoms with Crippen molar-refractivity contribution in [2.45, 2.75) is 45.1 Å². The minimum absolute atomic E-state index is 0.0253. The molecule has 26 heavy (non-hydrogen) atoms. The van der Waals surface area contributed by atoms with Crippen molar-refractivity contribution in [3.05, 3.63) is 33.9 Å². The maximum absolute atomic E-state index is 12.6. The van der Waals surface area contributed by atoms with Crippen molar-refractivity contribution in [1.82, 2.24) is 10.2 Å². The van der Waals surface area contributed by atoms with Crippen LogP contribution < -0.4 is 10.2 Å². The topological polar surface area (TPSA) is 78.7 Å². The molecule has 0 spiro atoms. The number of likely N-dealkylation sites (tertiary alicyclic amines) is 1. The van der Waals surface area contributed by atoms with Crippen molar-refractivity contribution in [1.29, 1.82) is 0 Å². The lowest BCUT2D eigenvalue weighted by atomic mass is 10.0. The quantitative estimate of drug-likeness (QED) is 0.623. The van der Waals surface area contributed by atoms with E-state index in [1.165, 1.54) is 6.07 Å². The predicted molar refractivity (Wildman–Crippen MR) is 102 cm³/mol. The maximum Gasteiger partial charge on any atom is 0.293 e. The van der Waals surface area contributed by atoms with Crippen LogP contribution in [0.5, 0.6) is 0 Å². The Morgan fingerprint density at radius 1 is 1.23 bits per heavy atom. The second kappa shape index (κ2) is 8.49. The molecule has 7 heteroatoms. The van der Waals surface area contributed by atoms with E-state index in [-0.39, 0.29) is 22.6 Å². The molecule has 0 aromatic heterocycles. The number of nitro benzene ring substituents is 1. The fourth-order valence-corrected chi connectivity index (χ4v) is 3.92. The van der Waals surface area contributed by atoms with Crippen LogP contribution in [0.3, 0.4) is 0 Å². The highest BCUT2D eigenvalue weighted by Gasteiger charge is 2.25. The van der Waals surface area contributed by atoms with Crippen LogP contribution >= 0.6 is 0 Å². The number of nitrogens with one attached hydrogen (secondary N) is 1. The summed E-state index contributed by atoms with van der Waals surface area (Å²) in [6.07, 6.45) is 5.11. The summed E-state index contributed by atoms with van der Waals surface area (Å²) in [6.45, 7) is 6.93. The van der Waals surface area contributed by atoms with Crippen LogP contribution in [0.2, 0.25) is 0 Å². The lowest BCUT2D eigenvalue weighted by Crippen LogP contribution is -2.44. The third-order valence-corrected chi connectivity index (χ3v) is 5.34. The van der Waals surface area contributed by atoms with E-state index in [0.717, 1.165) is 64.8 Å². The number of amides is 1. The van der Waals surface area contributed by atoms with Gasteiger partial charge in [-0.2, -0.15) is 0 Å². The first-order valence-corrected chi connectivity index (χ1v) is 9.65. The molecule has 1 aromatic carbocycles. The molecule has 1 amide bonds. The molecule has 0 atom stereocenters. The molecular formula is C19H28N4O3. The molecule has 7 nitrogen and oxygen atoms in total. The normalized spacial score (nSPS) is 18.9. The first-order valence-electron chi connectivity index (χ1n) is 9.65. The monoisotopic (exact) mass is 360 g/mol. The lowest BCUT2D eigenvalue weighted by molar-refractivity contribution is -0.384. The molecule has 2 fully saturated rings. The Hall–Kier alpha value is -2.15. The van der Waals surface area contributed by atoms with E-state index in [9.17, 15) is 14.9 Å². The Balaban J connectivity index is 1.66. The summed E-state index contributed by atoms with van der Waals surface area (Å²) in [6, 6.07) is 5.01. The third kappa shape index (κ3) is 4.33. The number of hydrogen-bond donors (Lipinski definition) is 1. The molecule has 0 unspecified atom stereocenters. The molecule has 0 bridgehead atoms. The molecular weight excluding hydrogens is 332 g/mol. The van der Waals surface area contributed by atoms with Crippen LogP contribution in [0.1, 0.15) is 49.4 Å². The van der Waals surface area contributed by atoms with E-state index >= 15 is 0 Å². The standard InChI is InChI=1S/C19H28N4O3/c1-2-9-21-12-7-16(8-13-21)20-19(24)15-5-6-17(18(14-15)23(25)26)22-10-3-4-11-22/h5-6,14,16H,2-4,7-13H2,1H3,(H,20,24). The van der Waals surface area contributed by atoms with Gasteiger partial charge in [-0.3, -0.25) is 14.9 Å². The Morgan fingerprint density at radius 3 is 2.54 bits per heavy atom. The molecule has 0 saturated carbocycles. The van der Waals surface area contributed by atoms with Gasteiger partial charge in [0.25, 0.3) is 11.6 Å². The first kappa shape index (κ1) is 18.6. The number of carbonyl (C=O) groups is 1. The highest BCUT2D eigenvalue weighted by molar-refractivity contribution is 5.96. The van der Waals surface area contributed by atoms with Crippen LogP contribution in [0.25, 0.3) is 0 Å². The smallest absolute Gasteiger partial charge is 0.293 e. The summed E-state index contributed by atoms with van der Waals surface area (Å²) >= 11 is 0. The van der Waals surface area contributed by atoms with Gasteiger partial charge >= 0.3 is 0 Å². The number of nitrogens with zero attached hydrogens (tertiary/aromatic N) is 3. The summed E-state index contributed by atoms with van der Waals surface area (Å²) in [5, 5.41) is 14.5. The highest BCUT2D eigenvalue weighted by atomic mass is 16.6. The Kier molecular flexibility index (Phi) is 6.08. The number of piperidine rings is 1. The van der Waals surface area contributed by atoms with Crippen LogP contribution in [-0.2, 0) is 0 Å². The Bertz CT molecular complexity index is 650. The lowest BCUT2D eigenvalue weighted by Gasteiger charge is -2.32. The third-order valence-electron chi connectivity index (χ3n) is 5.34. The number of nitro groups is 1. The molecule has 2 saturated heterocycles. The Labute approximate surface area is 154 Å². The minimum Gasteiger partial charge on any atom is -0.366 e. The van der Waals surface area contributed by atoms with E-state index < -0.39 is 0 Å². The minimum atomic E-state index is -0.381. The van der Waals surface area contributed by atoms with Gasteiger partial charge in [-0.05, 0) is 50.8 Å². The highest BCUT2D eigenvalue weighted by Crippen LogP contribution is 2.31. The number of carbonyl (C=O) groups excluding carboxylic acids is 1. The van der Waals surface area contributed by atoms with Crippen molar-refractivity contribution >= 4 is 17.3 Å². The molecule has 1 N–H and O–H groups in total. The van der Waals surface area contributed by atoms with Crippen molar-refractivity contribution in [3.8, 4) is 0 Å². The van der Waals surface area contributed by atoms with Crippen LogP contribution in [0, 0.1) is 10.1 Å². The second-order valence-corrected chi connectivity index (χ2v) is 7.24. The van der Waals surface area contributed by atoms with Crippen LogP contribution in [0.15, 0.2) is 18.2 Å². The molecule has 2 aliphatic rings. The van der Waals surface area contributed by atoms with Gasteiger partial charge in [0.05, 0.1) is 4.92 Å². The maximum atomic E-state index is 12.6. The van der Waals surface area contributed by atoms with Gasteiger partial charge in [0.2, 0.25) is 0 Å². The Morgan fingerprint density at radius 2 is 1.92 bits per heavy atom. The van der Waals surface area contributed by atoms with Gasteiger partial charge in [-0.15, -0.1) is 0 Å². The molecule has 3 rings (SSSR count). The summed E-state index contributed by atoms with van der Waals surface area (Å²) in [5.74, 6) is -0.213. The van der Waals surface area contributed by atoms with Crippen molar-refractivity contribution < 1.29 is 9.72 Å². The summed E-state index contributed by atoms with van der Waals surface area (Å²) < 4.78 is 0. The molecule has 0 aliphatic carbocycles. The number of rotatable bonds is 6. The van der Waals surface area contributed by atoms with Gasteiger partial charge in [0, 0.05) is 43.9 Å². The number of hydrogen-bond acceptors (Lipinski definition) is 5. The van der Waals surface area contributed by atoms with E-state index in [1.54, 1.807) is 12.1 Å². The number of anilines is 1. The summed E-state index contributed by atoms with van der Waals surface area (Å²) in [7, 11) is 0. The van der Waals surface area contributed by atoms with Gasteiger partial charge < -0.3 is 15.1 Å². The molecule has 142 valence electrons. The SMILES string of the molecule is CCCN1CCC(NC(=O)c2ccc(N3CCCC3)c([N+](=O)[O-])c2)CC1. The van der Waals surface area contributed by atoms with Gasteiger partial charge in [0.15, 0.2) is 0 Å². The average molecular weight is 360 g/mol. The average Bonchev–Trinajstić information content (AvgIpc) is 3.17. The van der Waals surface area contributed by atoms with E-state index in [1.807, 2.05) is 4.90 Å². The molecule has 2 aliphatic heterocycles. The van der Waals surface area contributed by atoms with Crippen molar-refractivity contribution in [2.75, 3.05) is 37.6 Å². The zero-order chi connectivity index (χ0) is 18.5. The molecule has 1 aromatic rings. The van der Waals surface area contributed by atoms with Crippen LogP contribution in [0.4, 0.5) is 11.4 Å². The largest absolute Gasteiger partial charge is 0.366 e. The summed E-state index contributed by atoms with van der Waals surface area (Å²) in [5.41, 5.74) is 1.02. The molecule has 2 heterocycles. The first-order chi connectivity index (χ1) is 12.6. The summed E-state index contributed by atoms with van der Waals surface area (Å²) in [4.78, 5) is 28.1. The fourth-order valence-electron chi connectivity index (χ4n) is 3.92. The van der Waals surface area contributed by atoms with Crippen molar-refractivity contribution in [3.63, 3.8) is 0 Å².